The number of rotatable bonds is 5. The van der Waals surface area contributed by atoms with Gasteiger partial charge in [0.2, 0.25) is 5.75 Å². The smallest absolute Gasteiger partial charge is 0.205 e. The highest BCUT2D eigenvalue weighted by molar-refractivity contribution is 6.36. The van der Waals surface area contributed by atoms with Gasteiger partial charge in [-0.1, -0.05) is 29.3 Å². The lowest BCUT2D eigenvalue weighted by Crippen LogP contribution is -2.19. The van der Waals surface area contributed by atoms with Crippen LogP contribution in [0.4, 0.5) is 10.2 Å². The largest absolute Gasteiger partial charge is 0.486 e. The van der Waals surface area contributed by atoms with E-state index < -0.39 is 5.82 Å². The minimum atomic E-state index is -0.518. The van der Waals surface area contributed by atoms with E-state index in [1.165, 1.54) is 17.7 Å². The van der Waals surface area contributed by atoms with Gasteiger partial charge in [-0.2, -0.15) is 0 Å². The molecule has 28 heavy (non-hydrogen) atoms. The first-order valence-corrected chi connectivity index (χ1v) is 9.63. The van der Waals surface area contributed by atoms with Crippen molar-refractivity contribution in [2.45, 2.75) is 12.8 Å². The third-order valence-corrected chi connectivity index (χ3v) is 5.51. The Labute approximate surface area is 171 Å². The Morgan fingerprint density at radius 2 is 2.18 bits per heavy atom. The number of nitrogens with one attached hydrogen (secondary N) is 1. The summed E-state index contributed by atoms with van der Waals surface area (Å²) in [6.07, 6.45) is 6.76. The molecule has 146 valence electrons. The van der Waals surface area contributed by atoms with Crippen LogP contribution in [0.15, 0.2) is 35.1 Å². The first-order chi connectivity index (χ1) is 13.6. The van der Waals surface area contributed by atoms with E-state index in [-0.39, 0.29) is 17.4 Å². The number of nitrogens with two attached hydrogens (primary N) is 1. The molecule has 0 bridgehead atoms. The van der Waals surface area contributed by atoms with Crippen LogP contribution in [0.3, 0.4) is 0 Å². The Morgan fingerprint density at radius 3 is 2.96 bits per heavy atom. The number of nitrogen functional groups attached to an aromatic ring is 1. The minimum absolute atomic E-state index is 0.00136. The predicted octanol–water partition coefficient (Wildman–Crippen LogP) is 4.85. The van der Waals surface area contributed by atoms with Gasteiger partial charge in [-0.25, -0.2) is 9.37 Å². The Bertz CT molecular complexity index is 1070. The molecule has 0 fully saturated rings. The Balaban J connectivity index is 1.59. The van der Waals surface area contributed by atoms with Gasteiger partial charge in [0.05, 0.1) is 23.3 Å². The molecule has 0 amide bonds. The first kappa shape index (κ1) is 19.1. The second-order valence-corrected chi connectivity index (χ2v) is 7.25. The zero-order valence-electron chi connectivity index (χ0n) is 14.9. The third-order valence-electron chi connectivity index (χ3n) is 4.75. The Morgan fingerprint density at radius 1 is 1.32 bits per heavy atom. The number of nitrogens with zero attached hydrogens (tertiary/aromatic N) is 1. The van der Waals surface area contributed by atoms with E-state index >= 15 is 0 Å². The fourth-order valence-electron chi connectivity index (χ4n) is 3.29. The average Bonchev–Trinajstić information content (AvgIpc) is 3.14. The zero-order chi connectivity index (χ0) is 19.7. The van der Waals surface area contributed by atoms with E-state index in [4.69, 9.17) is 38.1 Å². The summed E-state index contributed by atoms with van der Waals surface area (Å²) < 4.78 is 25.3. The van der Waals surface area contributed by atoms with Gasteiger partial charge in [-0.15, -0.1) is 0 Å². The van der Waals surface area contributed by atoms with E-state index in [0.29, 0.717) is 28.3 Å². The highest BCUT2D eigenvalue weighted by atomic mass is 35.5. The number of halogens is 3. The molecule has 3 aromatic rings. The molecule has 3 heterocycles. The van der Waals surface area contributed by atoms with Gasteiger partial charge in [-0.3, -0.25) is 0 Å². The van der Waals surface area contributed by atoms with E-state index in [1.54, 1.807) is 12.5 Å². The molecule has 5 nitrogen and oxygen atoms in total. The molecule has 0 unspecified atom stereocenters. The second kappa shape index (κ2) is 7.99. The summed E-state index contributed by atoms with van der Waals surface area (Å²) in [5, 5.41) is 4.52. The molecule has 8 heteroatoms. The molecule has 0 saturated carbocycles. The maximum Gasteiger partial charge on any atom is 0.205 e. The van der Waals surface area contributed by atoms with Crippen molar-refractivity contribution in [1.29, 1.82) is 0 Å². The summed E-state index contributed by atoms with van der Waals surface area (Å²) in [7, 11) is 0. The number of ether oxygens (including phenoxy) is 1. The van der Waals surface area contributed by atoms with Gasteiger partial charge < -0.3 is 20.2 Å². The predicted molar refractivity (Wildman–Crippen MR) is 110 cm³/mol. The summed E-state index contributed by atoms with van der Waals surface area (Å²) in [4.78, 5) is 4.25. The van der Waals surface area contributed by atoms with Crippen molar-refractivity contribution in [3.8, 4) is 5.75 Å². The molecule has 0 aliphatic carbocycles. The van der Waals surface area contributed by atoms with Gasteiger partial charge in [0.15, 0.2) is 11.4 Å². The molecular formula is C20H18Cl2FN3O2. The molecule has 0 atom stereocenters. The van der Waals surface area contributed by atoms with Crippen LogP contribution in [0, 0.1) is 5.82 Å². The lowest BCUT2D eigenvalue weighted by molar-refractivity contribution is 0.321. The fraction of sp³-hybridized carbons (Fsp3) is 0.250. The molecule has 1 aromatic carbocycles. The van der Waals surface area contributed by atoms with Gasteiger partial charge >= 0.3 is 0 Å². The summed E-state index contributed by atoms with van der Waals surface area (Å²) in [6, 6.07) is 2.71. The molecule has 0 radical (unpaired) electrons. The van der Waals surface area contributed by atoms with Crippen molar-refractivity contribution in [2.75, 3.05) is 25.4 Å². The maximum atomic E-state index is 13.7. The molecule has 2 aromatic heterocycles. The van der Waals surface area contributed by atoms with Gasteiger partial charge in [0, 0.05) is 29.7 Å². The van der Waals surface area contributed by atoms with Crippen molar-refractivity contribution in [3.63, 3.8) is 0 Å². The number of pyridine rings is 1. The molecule has 0 saturated heterocycles. The average molecular weight is 422 g/mol. The van der Waals surface area contributed by atoms with Crippen molar-refractivity contribution in [2.24, 2.45) is 0 Å². The lowest BCUT2D eigenvalue weighted by atomic mass is 10.0. The molecule has 0 spiro atoms. The maximum absolute atomic E-state index is 13.7. The van der Waals surface area contributed by atoms with Gasteiger partial charge in [0.1, 0.15) is 5.82 Å². The van der Waals surface area contributed by atoms with Crippen LogP contribution in [0.25, 0.3) is 16.5 Å². The lowest BCUT2D eigenvalue weighted by Gasteiger charge is -2.13. The van der Waals surface area contributed by atoms with Crippen LogP contribution in [0.2, 0.25) is 10.0 Å². The van der Waals surface area contributed by atoms with Crippen LogP contribution < -0.4 is 15.8 Å². The molecule has 1 aliphatic heterocycles. The molecule has 3 N–H and O–H groups in total. The van der Waals surface area contributed by atoms with Crippen LogP contribution >= 0.6 is 23.2 Å². The molecule has 4 rings (SSSR count). The van der Waals surface area contributed by atoms with Gasteiger partial charge in [-0.05, 0) is 36.2 Å². The quantitative estimate of drug-likeness (QED) is 0.575. The monoisotopic (exact) mass is 421 g/mol. The molecular weight excluding hydrogens is 404 g/mol. The van der Waals surface area contributed by atoms with E-state index in [2.05, 4.69) is 16.4 Å². The van der Waals surface area contributed by atoms with E-state index in [1.807, 2.05) is 0 Å². The third kappa shape index (κ3) is 3.55. The normalized spacial score (nSPS) is 14.3. The first-order valence-electron chi connectivity index (χ1n) is 8.87. The number of benzene rings is 1. The van der Waals surface area contributed by atoms with Crippen LogP contribution in [-0.2, 0) is 6.42 Å². The van der Waals surface area contributed by atoms with Crippen molar-refractivity contribution < 1.29 is 13.5 Å². The number of hydrogen-bond donors (Lipinski definition) is 2. The summed E-state index contributed by atoms with van der Waals surface area (Å²) >= 11 is 12.1. The van der Waals surface area contributed by atoms with Crippen molar-refractivity contribution in [3.05, 3.63) is 57.7 Å². The molecule has 1 aliphatic rings. The Kier molecular flexibility index (Phi) is 5.44. The summed E-state index contributed by atoms with van der Waals surface area (Å²) in [5.74, 6) is 0.0707. The number of aromatic nitrogens is 1. The zero-order valence-corrected chi connectivity index (χ0v) is 16.4. The number of hydrogen-bond acceptors (Lipinski definition) is 5. The Hall–Kier alpha value is -2.28. The number of anilines is 1. The summed E-state index contributed by atoms with van der Waals surface area (Å²) in [5.41, 5.74) is 9.23. The fourth-order valence-corrected chi connectivity index (χ4v) is 3.85. The topological polar surface area (TPSA) is 73.3 Å². The summed E-state index contributed by atoms with van der Waals surface area (Å²) in [6.45, 7) is 1.93. The number of fused-ring (bicyclic) bond motifs is 1. The van der Waals surface area contributed by atoms with Crippen molar-refractivity contribution in [1.82, 2.24) is 10.3 Å². The van der Waals surface area contributed by atoms with Gasteiger partial charge in [0.25, 0.3) is 0 Å². The van der Waals surface area contributed by atoms with Crippen molar-refractivity contribution >= 4 is 45.6 Å². The van der Waals surface area contributed by atoms with E-state index in [9.17, 15) is 4.39 Å². The van der Waals surface area contributed by atoms with Crippen LogP contribution in [0.1, 0.15) is 17.5 Å². The van der Waals surface area contributed by atoms with Crippen LogP contribution in [0.5, 0.6) is 5.75 Å². The minimum Gasteiger partial charge on any atom is -0.486 e. The highest BCUT2D eigenvalue weighted by Crippen LogP contribution is 2.37. The highest BCUT2D eigenvalue weighted by Gasteiger charge is 2.19. The SMILES string of the molecule is Nc1ncc2c(C3=CCNCC3)coc2c1OCCc1c(Cl)ccc(F)c1Cl. The number of furan rings is 1. The second-order valence-electron chi connectivity index (χ2n) is 6.47. The standard InChI is InChI=1S/C20H18Cl2FN3O2/c21-15-1-2-16(23)17(22)12(15)5-8-27-19-18-13(9-26-20(19)24)14(10-28-18)11-3-6-25-7-4-11/h1-3,9-10,25H,4-8H2,(H2,24,26). The van der Waals surface area contributed by atoms with Crippen LogP contribution in [-0.4, -0.2) is 24.7 Å². The van der Waals surface area contributed by atoms with E-state index in [0.717, 1.165) is 30.5 Å².